The summed E-state index contributed by atoms with van der Waals surface area (Å²) in [6.07, 6.45) is 13.6. The van der Waals surface area contributed by atoms with Crippen molar-refractivity contribution >= 4 is 17.5 Å². The Morgan fingerprint density at radius 2 is 1.67 bits per heavy atom. The van der Waals surface area contributed by atoms with Gasteiger partial charge in [0.15, 0.2) is 5.78 Å². The summed E-state index contributed by atoms with van der Waals surface area (Å²) in [5.74, 6) is 0.0287. The fourth-order valence-corrected chi connectivity index (χ4v) is 3.36. The van der Waals surface area contributed by atoms with E-state index in [0.717, 1.165) is 51.4 Å². The minimum absolute atomic E-state index is 0.0351. The number of hydrogen-bond acceptors (Lipinski definition) is 3. The molecular formula is C20H32O4. The third-order valence-electron chi connectivity index (χ3n) is 4.86. The van der Waals surface area contributed by atoms with Crippen LogP contribution in [-0.2, 0) is 14.4 Å². The molecule has 24 heavy (non-hydrogen) atoms. The molecule has 0 unspecified atom stereocenters. The fourth-order valence-electron chi connectivity index (χ4n) is 3.36. The van der Waals surface area contributed by atoms with E-state index in [1.54, 1.807) is 6.08 Å². The number of carboxylic acid groups (broad SMARTS) is 1. The second-order valence-corrected chi connectivity index (χ2v) is 6.91. The van der Waals surface area contributed by atoms with Gasteiger partial charge in [0.2, 0.25) is 0 Å². The third kappa shape index (κ3) is 8.42. The molecule has 1 N–H and O–H groups in total. The smallest absolute Gasteiger partial charge is 0.303 e. The van der Waals surface area contributed by atoms with Gasteiger partial charge in [0.1, 0.15) is 5.78 Å². The van der Waals surface area contributed by atoms with Gasteiger partial charge in [-0.2, -0.15) is 0 Å². The normalized spacial score (nSPS) is 19.8. The van der Waals surface area contributed by atoms with Crippen molar-refractivity contribution < 1.29 is 19.5 Å². The molecule has 4 heteroatoms. The molecule has 0 radical (unpaired) electrons. The average Bonchev–Trinajstić information content (AvgIpc) is 2.89. The lowest BCUT2D eigenvalue weighted by atomic mass is 9.85. The van der Waals surface area contributed by atoms with E-state index in [2.05, 4.69) is 6.92 Å². The number of ketones is 2. The number of carbonyl (C=O) groups is 3. The van der Waals surface area contributed by atoms with Gasteiger partial charge < -0.3 is 5.11 Å². The van der Waals surface area contributed by atoms with Gasteiger partial charge in [-0.3, -0.25) is 14.4 Å². The highest BCUT2D eigenvalue weighted by atomic mass is 16.4. The summed E-state index contributed by atoms with van der Waals surface area (Å²) in [6.45, 7) is 2.13. The van der Waals surface area contributed by atoms with Gasteiger partial charge in [-0.15, -0.1) is 0 Å². The Bertz CT molecular complexity index is 439. The quantitative estimate of drug-likeness (QED) is 0.466. The number of hydrogen-bond donors (Lipinski definition) is 1. The molecule has 1 rings (SSSR count). The first-order valence-corrected chi connectivity index (χ1v) is 9.50. The predicted molar refractivity (Wildman–Crippen MR) is 94.8 cm³/mol. The molecular weight excluding hydrogens is 304 g/mol. The molecule has 0 aliphatic heterocycles. The lowest BCUT2D eigenvalue weighted by molar-refractivity contribution is -0.137. The summed E-state index contributed by atoms with van der Waals surface area (Å²) in [6, 6.07) is 0. The first-order chi connectivity index (χ1) is 11.5. The largest absolute Gasteiger partial charge is 0.481 e. The summed E-state index contributed by atoms with van der Waals surface area (Å²) in [4.78, 5) is 34.3. The maximum absolute atomic E-state index is 12.0. The highest BCUT2D eigenvalue weighted by Crippen LogP contribution is 2.31. The first-order valence-electron chi connectivity index (χ1n) is 9.50. The lowest BCUT2D eigenvalue weighted by Crippen LogP contribution is -2.17. The van der Waals surface area contributed by atoms with Crippen molar-refractivity contribution in [3.63, 3.8) is 0 Å². The summed E-state index contributed by atoms with van der Waals surface area (Å²) >= 11 is 0. The number of aliphatic carboxylic acids is 1. The van der Waals surface area contributed by atoms with Crippen LogP contribution in [0.3, 0.4) is 0 Å². The molecule has 0 amide bonds. The molecule has 0 aromatic carbocycles. The minimum Gasteiger partial charge on any atom is -0.481 e. The third-order valence-corrected chi connectivity index (χ3v) is 4.86. The maximum Gasteiger partial charge on any atom is 0.303 e. The number of allylic oxidation sites excluding steroid dienone is 2. The number of rotatable bonds is 14. The van der Waals surface area contributed by atoms with Crippen molar-refractivity contribution in [1.29, 1.82) is 0 Å². The van der Waals surface area contributed by atoms with Gasteiger partial charge >= 0.3 is 5.97 Å². The molecule has 0 saturated heterocycles. The second-order valence-electron chi connectivity index (χ2n) is 6.91. The monoisotopic (exact) mass is 336 g/mol. The van der Waals surface area contributed by atoms with Gasteiger partial charge in [-0.1, -0.05) is 45.1 Å². The average molecular weight is 336 g/mol. The molecule has 0 saturated carbocycles. The summed E-state index contributed by atoms with van der Waals surface area (Å²) in [5.41, 5.74) is 0. The van der Waals surface area contributed by atoms with Crippen LogP contribution >= 0.6 is 0 Å². The number of unbranched alkanes of at least 4 members (excludes halogenated alkanes) is 5. The maximum atomic E-state index is 12.0. The Kier molecular flexibility index (Phi) is 10.3. The SMILES string of the molecule is CCCCCC(=O)CC[C@H]1C=CC(=O)[C@H]1CCCCCCC(=O)O. The van der Waals surface area contributed by atoms with Crippen LogP contribution in [0.25, 0.3) is 0 Å². The topological polar surface area (TPSA) is 71.4 Å². The van der Waals surface area contributed by atoms with Crippen LogP contribution in [0.5, 0.6) is 0 Å². The molecule has 0 bridgehead atoms. The Hall–Kier alpha value is -1.45. The number of carboxylic acids is 1. The van der Waals surface area contributed by atoms with E-state index in [0.29, 0.717) is 25.0 Å². The van der Waals surface area contributed by atoms with Gasteiger partial charge in [-0.25, -0.2) is 0 Å². The molecule has 0 aromatic heterocycles. The zero-order valence-electron chi connectivity index (χ0n) is 15.0. The number of carbonyl (C=O) groups excluding carboxylic acids is 2. The first kappa shape index (κ1) is 20.6. The molecule has 0 aromatic rings. The fraction of sp³-hybridized carbons (Fsp3) is 0.750. The summed E-state index contributed by atoms with van der Waals surface area (Å²) < 4.78 is 0. The van der Waals surface area contributed by atoms with Crippen LogP contribution in [0.2, 0.25) is 0 Å². The zero-order chi connectivity index (χ0) is 17.8. The Labute approximate surface area is 145 Å². The lowest BCUT2D eigenvalue weighted by Gasteiger charge is -2.17. The van der Waals surface area contributed by atoms with E-state index in [9.17, 15) is 14.4 Å². The summed E-state index contributed by atoms with van der Waals surface area (Å²) in [5, 5.41) is 8.60. The van der Waals surface area contributed by atoms with E-state index in [1.807, 2.05) is 6.08 Å². The standard InChI is InChI=1S/C20H32O4/c1-2-3-6-9-17(21)14-12-16-13-15-19(22)18(16)10-7-4-5-8-11-20(23)24/h13,15-16,18H,2-12,14H2,1H3,(H,23,24)/t16-,18-/m0/s1. The molecule has 4 nitrogen and oxygen atoms in total. The molecule has 0 heterocycles. The number of Topliss-reactive ketones (excluding diaryl/α,β-unsaturated/α-hetero) is 1. The van der Waals surface area contributed by atoms with Crippen LogP contribution in [0.4, 0.5) is 0 Å². The van der Waals surface area contributed by atoms with Crippen LogP contribution in [0.15, 0.2) is 12.2 Å². The zero-order valence-corrected chi connectivity index (χ0v) is 15.0. The summed E-state index contributed by atoms with van der Waals surface area (Å²) in [7, 11) is 0. The van der Waals surface area contributed by atoms with Crippen LogP contribution in [0.1, 0.15) is 84.0 Å². The van der Waals surface area contributed by atoms with Crippen molar-refractivity contribution in [2.75, 3.05) is 0 Å². The van der Waals surface area contributed by atoms with Crippen molar-refractivity contribution in [2.45, 2.75) is 84.0 Å². The minimum atomic E-state index is -0.742. The Morgan fingerprint density at radius 1 is 0.958 bits per heavy atom. The molecule has 1 aliphatic rings. The van der Waals surface area contributed by atoms with E-state index in [1.165, 1.54) is 0 Å². The van der Waals surface area contributed by atoms with E-state index < -0.39 is 5.97 Å². The molecule has 136 valence electrons. The van der Waals surface area contributed by atoms with Crippen LogP contribution in [0, 0.1) is 11.8 Å². The van der Waals surface area contributed by atoms with Crippen molar-refractivity contribution in [3.8, 4) is 0 Å². The van der Waals surface area contributed by atoms with Crippen molar-refractivity contribution in [2.24, 2.45) is 11.8 Å². The van der Waals surface area contributed by atoms with Gasteiger partial charge in [0.05, 0.1) is 0 Å². The van der Waals surface area contributed by atoms with E-state index >= 15 is 0 Å². The highest BCUT2D eigenvalue weighted by molar-refractivity contribution is 5.94. The van der Waals surface area contributed by atoms with Gasteiger partial charge in [0, 0.05) is 25.2 Å². The van der Waals surface area contributed by atoms with Crippen LogP contribution < -0.4 is 0 Å². The van der Waals surface area contributed by atoms with E-state index in [-0.39, 0.29) is 24.0 Å². The van der Waals surface area contributed by atoms with Crippen LogP contribution in [-0.4, -0.2) is 22.6 Å². The van der Waals surface area contributed by atoms with Gasteiger partial charge in [0.25, 0.3) is 0 Å². The molecule has 1 aliphatic carbocycles. The highest BCUT2D eigenvalue weighted by Gasteiger charge is 2.29. The molecule has 0 fully saturated rings. The predicted octanol–water partition coefficient (Wildman–Crippen LogP) is 4.71. The van der Waals surface area contributed by atoms with E-state index in [4.69, 9.17) is 5.11 Å². The molecule has 2 atom stereocenters. The second kappa shape index (κ2) is 12.0. The Balaban J connectivity index is 2.21. The van der Waals surface area contributed by atoms with Gasteiger partial charge in [-0.05, 0) is 37.7 Å². The Morgan fingerprint density at radius 3 is 2.38 bits per heavy atom. The van der Waals surface area contributed by atoms with Crippen molar-refractivity contribution in [3.05, 3.63) is 12.2 Å². The molecule has 0 spiro atoms. The van der Waals surface area contributed by atoms with Crippen molar-refractivity contribution in [1.82, 2.24) is 0 Å².